The van der Waals surface area contributed by atoms with Crippen LogP contribution in [0.4, 0.5) is 0 Å². The van der Waals surface area contributed by atoms with Crippen molar-refractivity contribution in [3.05, 3.63) is 12.7 Å². The predicted octanol–water partition coefficient (Wildman–Crippen LogP) is 5.45. The molecule has 0 fully saturated rings. The summed E-state index contributed by atoms with van der Waals surface area (Å²) in [6.45, 7) is 11.5. The Labute approximate surface area is 132 Å². The maximum Gasteiger partial charge on any atom is 0.282 e. The molecule has 3 nitrogen and oxygen atoms in total. The first-order valence-corrected chi connectivity index (χ1v) is 8.77. The third kappa shape index (κ3) is 10.9. The van der Waals surface area contributed by atoms with Gasteiger partial charge in [0.05, 0.1) is 0 Å². The fourth-order valence-electron chi connectivity index (χ4n) is 2.52. The molecule has 0 amide bonds. The van der Waals surface area contributed by atoms with Crippen molar-refractivity contribution in [2.45, 2.75) is 84.5 Å². The maximum absolute atomic E-state index is 5.73. The number of rotatable bonds is 16. The Bertz CT molecular complexity index is 211. The molecule has 0 aliphatic heterocycles. The Balaban J connectivity index is 3.78. The molecule has 3 heteroatoms. The van der Waals surface area contributed by atoms with Gasteiger partial charge in [-0.05, 0) is 40.0 Å². The first kappa shape index (κ1) is 20.6. The molecule has 0 heterocycles. The maximum atomic E-state index is 5.73. The summed E-state index contributed by atoms with van der Waals surface area (Å²) in [5.41, 5.74) is 0. The molecule has 0 aromatic rings. The minimum Gasteiger partial charge on any atom is -0.328 e. The van der Waals surface area contributed by atoms with Gasteiger partial charge in [-0.1, -0.05) is 38.2 Å². The van der Waals surface area contributed by atoms with Gasteiger partial charge in [-0.3, -0.25) is 0 Å². The highest BCUT2D eigenvalue weighted by atomic mass is 16.9. The van der Waals surface area contributed by atoms with Gasteiger partial charge in [-0.15, -0.1) is 6.58 Å². The monoisotopic (exact) mass is 300 g/mol. The van der Waals surface area contributed by atoms with Gasteiger partial charge in [0.2, 0.25) is 0 Å². The Morgan fingerprint density at radius 1 is 0.714 bits per heavy atom. The van der Waals surface area contributed by atoms with Crippen LogP contribution in [-0.4, -0.2) is 25.8 Å². The van der Waals surface area contributed by atoms with Crippen molar-refractivity contribution in [2.24, 2.45) is 0 Å². The second-order valence-corrected chi connectivity index (χ2v) is 5.28. The van der Waals surface area contributed by atoms with Crippen molar-refractivity contribution in [3.8, 4) is 0 Å². The second kappa shape index (κ2) is 14.6. The van der Waals surface area contributed by atoms with Crippen molar-refractivity contribution in [1.29, 1.82) is 0 Å². The lowest BCUT2D eigenvalue weighted by Gasteiger charge is -2.32. The summed E-state index contributed by atoms with van der Waals surface area (Å²) in [5.74, 6) is -0.817. The first-order valence-electron chi connectivity index (χ1n) is 8.77. The van der Waals surface area contributed by atoms with Gasteiger partial charge in [0.1, 0.15) is 0 Å². The molecule has 0 aromatic carbocycles. The van der Waals surface area contributed by atoms with Crippen LogP contribution in [0.2, 0.25) is 0 Å². The number of hydrogen-bond acceptors (Lipinski definition) is 3. The van der Waals surface area contributed by atoms with E-state index in [1.165, 1.54) is 38.5 Å². The fourth-order valence-corrected chi connectivity index (χ4v) is 2.52. The molecule has 0 N–H and O–H groups in total. The lowest BCUT2D eigenvalue weighted by atomic mass is 10.1. The third-order valence-electron chi connectivity index (χ3n) is 3.48. The van der Waals surface area contributed by atoms with Crippen molar-refractivity contribution in [1.82, 2.24) is 0 Å². The summed E-state index contributed by atoms with van der Waals surface area (Å²) in [6, 6.07) is 0. The summed E-state index contributed by atoms with van der Waals surface area (Å²) in [6.07, 6.45) is 12.8. The first-order chi connectivity index (χ1) is 10.2. The van der Waals surface area contributed by atoms with Crippen LogP contribution in [-0.2, 0) is 14.2 Å². The van der Waals surface area contributed by atoms with Crippen molar-refractivity contribution in [3.63, 3.8) is 0 Å². The Morgan fingerprint density at radius 3 is 1.57 bits per heavy atom. The SMILES string of the molecule is C=CCCCCCCCCCC(OCC)(OCC)OCC. The molecule has 0 aromatic heterocycles. The summed E-state index contributed by atoms with van der Waals surface area (Å²) in [5, 5.41) is 0. The van der Waals surface area contributed by atoms with Gasteiger partial charge in [0, 0.05) is 26.2 Å². The van der Waals surface area contributed by atoms with Crippen LogP contribution >= 0.6 is 0 Å². The average molecular weight is 300 g/mol. The largest absolute Gasteiger partial charge is 0.328 e. The van der Waals surface area contributed by atoms with Crippen molar-refractivity contribution < 1.29 is 14.2 Å². The Kier molecular flexibility index (Phi) is 14.3. The van der Waals surface area contributed by atoms with Crippen molar-refractivity contribution >= 4 is 0 Å². The lowest BCUT2D eigenvalue weighted by Crippen LogP contribution is -2.39. The summed E-state index contributed by atoms with van der Waals surface area (Å²) in [4.78, 5) is 0. The quantitative estimate of drug-likeness (QED) is 0.215. The molecule has 0 aliphatic rings. The van der Waals surface area contributed by atoms with E-state index in [0.717, 1.165) is 19.3 Å². The molecular weight excluding hydrogens is 264 g/mol. The van der Waals surface area contributed by atoms with Crippen LogP contribution in [0.15, 0.2) is 12.7 Å². The molecule has 0 aliphatic carbocycles. The van der Waals surface area contributed by atoms with Gasteiger partial charge < -0.3 is 14.2 Å². The van der Waals surface area contributed by atoms with Crippen LogP contribution in [0.5, 0.6) is 0 Å². The predicted molar refractivity (Wildman–Crippen MR) is 89.4 cm³/mol. The minimum atomic E-state index is -0.817. The third-order valence-corrected chi connectivity index (χ3v) is 3.48. The van der Waals surface area contributed by atoms with Crippen LogP contribution in [0.25, 0.3) is 0 Å². The van der Waals surface area contributed by atoms with Gasteiger partial charge >= 0.3 is 0 Å². The van der Waals surface area contributed by atoms with E-state index in [4.69, 9.17) is 14.2 Å². The highest BCUT2D eigenvalue weighted by molar-refractivity contribution is 4.65. The van der Waals surface area contributed by atoms with E-state index in [1.54, 1.807) is 0 Å². The van der Waals surface area contributed by atoms with E-state index in [-0.39, 0.29) is 0 Å². The van der Waals surface area contributed by atoms with E-state index < -0.39 is 5.97 Å². The van der Waals surface area contributed by atoms with E-state index in [1.807, 2.05) is 26.8 Å². The molecule has 0 radical (unpaired) electrons. The smallest absolute Gasteiger partial charge is 0.282 e. The molecule has 0 bridgehead atoms. The number of hydrogen-bond donors (Lipinski definition) is 0. The van der Waals surface area contributed by atoms with Crippen molar-refractivity contribution in [2.75, 3.05) is 19.8 Å². The summed E-state index contributed by atoms with van der Waals surface area (Å²) >= 11 is 0. The number of allylic oxidation sites excluding steroid dienone is 1. The number of ether oxygens (including phenoxy) is 3. The zero-order valence-corrected chi connectivity index (χ0v) is 14.5. The Hall–Kier alpha value is -0.380. The highest BCUT2D eigenvalue weighted by Crippen LogP contribution is 2.24. The standard InChI is InChI=1S/C18H36O3/c1-5-9-10-11-12-13-14-15-16-17-18(19-6-2,20-7-3)21-8-4/h5H,1,6-17H2,2-4H3. The lowest BCUT2D eigenvalue weighted by molar-refractivity contribution is -0.380. The molecule has 0 rings (SSSR count). The van der Waals surface area contributed by atoms with Crippen LogP contribution in [0, 0.1) is 0 Å². The van der Waals surface area contributed by atoms with E-state index in [0.29, 0.717) is 19.8 Å². The molecule has 126 valence electrons. The Morgan fingerprint density at radius 2 is 1.14 bits per heavy atom. The number of unbranched alkanes of at least 4 members (excludes halogenated alkanes) is 7. The van der Waals surface area contributed by atoms with Crippen LogP contribution in [0.3, 0.4) is 0 Å². The molecule has 0 saturated heterocycles. The normalized spacial score (nSPS) is 11.8. The highest BCUT2D eigenvalue weighted by Gasteiger charge is 2.31. The topological polar surface area (TPSA) is 27.7 Å². The molecule has 21 heavy (non-hydrogen) atoms. The molecule has 0 atom stereocenters. The second-order valence-electron chi connectivity index (χ2n) is 5.28. The minimum absolute atomic E-state index is 0.614. The average Bonchev–Trinajstić information content (AvgIpc) is 2.46. The van der Waals surface area contributed by atoms with Gasteiger partial charge in [0.15, 0.2) is 0 Å². The van der Waals surface area contributed by atoms with Gasteiger partial charge in [0.25, 0.3) is 5.97 Å². The molecule has 0 saturated carbocycles. The zero-order chi connectivity index (χ0) is 15.8. The fraction of sp³-hybridized carbons (Fsp3) is 0.889. The zero-order valence-electron chi connectivity index (χ0n) is 14.5. The van der Waals surface area contributed by atoms with Gasteiger partial charge in [-0.25, -0.2) is 0 Å². The van der Waals surface area contributed by atoms with E-state index >= 15 is 0 Å². The van der Waals surface area contributed by atoms with E-state index in [9.17, 15) is 0 Å². The van der Waals surface area contributed by atoms with E-state index in [2.05, 4.69) is 6.58 Å². The summed E-state index contributed by atoms with van der Waals surface area (Å²) < 4.78 is 17.2. The van der Waals surface area contributed by atoms with Crippen LogP contribution < -0.4 is 0 Å². The molecule has 0 unspecified atom stereocenters. The molecular formula is C18H36O3. The van der Waals surface area contributed by atoms with Gasteiger partial charge in [-0.2, -0.15) is 0 Å². The molecule has 0 spiro atoms. The van der Waals surface area contributed by atoms with Crippen LogP contribution in [0.1, 0.15) is 78.6 Å². The summed E-state index contributed by atoms with van der Waals surface area (Å²) in [7, 11) is 0.